The molecule has 3 N–H and O–H groups in total. The van der Waals surface area contributed by atoms with Crippen molar-refractivity contribution in [1.29, 1.82) is 0 Å². The van der Waals surface area contributed by atoms with Crippen LogP contribution >= 0.6 is 0 Å². The average Bonchev–Trinajstić information content (AvgIpc) is 2.83. The SMILES string of the molecule is CCCC(NC(C)=O)C(=O)NCc1nc(C(F)(F)F)n[nH]1. The summed E-state index contributed by atoms with van der Waals surface area (Å²) in [5.74, 6) is -2.26. The lowest BCUT2D eigenvalue weighted by atomic mass is 10.1. The third kappa shape index (κ3) is 5.40. The van der Waals surface area contributed by atoms with Gasteiger partial charge >= 0.3 is 6.18 Å². The van der Waals surface area contributed by atoms with E-state index >= 15 is 0 Å². The number of hydrogen-bond acceptors (Lipinski definition) is 4. The van der Waals surface area contributed by atoms with Gasteiger partial charge in [-0.05, 0) is 6.42 Å². The van der Waals surface area contributed by atoms with Crippen LogP contribution in [0.1, 0.15) is 38.3 Å². The molecule has 0 spiro atoms. The van der Waals surface area contributed by atoms with Gasteiger partial charge in [0.05, 0.1) is 6.54 Å². The van der Waals surface area contributed by atoms with Gasteiger partial charge in [0.25, 0.3) is 5.82 Å². The first-order valence-electron chi connectivity index (χ1n) is 6.27. The first-order valence-corrected chi connectivity index (χ1v) is 6.27. The normalized spacial score (nSPS) is 12.8. The average molecular weight is 307 g/mol. The molecule has 1 heterocycles. The summed E-state index contributed by atoms with van der Waals surface area (Å²) in [7, 11) is 0. The molecule has 0 saturated carbocycles. The van der Waals surface area contributed by atoms with Gasteiger partial charge in [-0.25, -0.2) is 4.98 Å². The van der Waals surface area contributed by atoms with Crippen LogP contribution in [0.15, 0.2) is 0 Å². The maximum Gasteiger partial charge on any atom is 0.453 e. The predicted molar refractivity (Wildman–Crippen MR) is 65.7 cm³/mol. The van der Waals surface area contributed by atoms with Crippen molar-refractivity contribution in [3.63, 3.8) is 0 Å². The van der Waals surface area contributed by atoms with Crippen LogP contribution in [0.3, 0.4) is 0 Å². The van der Waals surface area contributed by atoms with Gasteiger partial charge in [-0.15, -0.1) is 5.10 Å². The van der Waals surface area contributed by atoms with Crippen molar-refractivity contribution in [3.8, 4) is 0 Å². The fraction of sp³-hybridized carbons (Fsp3) is 0.636. The lowest BCUT2D eigenvalue weighted by Gasteiger charge is -2.16. The van der Waals surface area contributed by atoms with E-state index in [9.17, 15) is 22.8 Å². The molecule has 1 atom stereocenters. The zero-order chi connectivity index (χ0) is 16.0. The molecule has 10 heteroatoms. The Morgan fingerprint density at radius 2 is 2.05 bits per heavy atom. The smallest absolute Gasteiger partial charge is 0.347 e. The summed E-state index contributed by atoms with van der Waals surface area (Å²) in [6, 6.07) is -0.725. The minimum atomic E-state index is -4.64. The van der Waals surface area contributed by atoms with E-state index in [1.54, 1.807) is 0 Å². The molecule has 0 radical (unpaired) electrons. The first kappa shape index (κ1) is 16.9. The van der Waals surface area contributed by atoms with Crippen molar-refractivity contribution in [2.45, 2.75) is 45.5 Å². The second-order valence-corrected chi connectivity index (χ2v) is 4.36. The molecule has 2 amide bonds. The number of halogens is 3. The molecule has 0 fully saturated rings. The van der Waals surface area contributed by atoms with Crippen LogP contribution < -0.4 is 10.6 Å². The highest BCUT2D eigenvalue weighted by Crippen LogP contribution is 2.25. The second-order valence-electron chi connectivity index (χ2n) is 4.36. The molecule has 0 aliphatic heterocycles. The van der Waals surface area contributed by atoms with Crippen LogP contribution in [0.5, 0.6) is 0 Å². The van der Waals surface area contributed by atoms with E-state index in [1.807, 2.05) is 6.92 Å². The highest BCUT2D eigenvalue weighted by molar-refractivity contribution is 5.86. The highest BCUT2D eigenvalue weighted by Gasteiger charge is 2.36. The molecular weight excluding hydrogens is 291 g/mol. The molecule has 0 aliphatic rings. The quantitative estimate of drug-likeness (QED) is 0.722. The van der Waals surface area contributed by atoms with E-state index < -0.39 is 23.9 Å². The Kier molecular flexibility index (Phi) is 5.68. The summed E-state index contributed by atoms with van der Waals surface area (Å²) in [5, 5.41) is 9.98. The first-order chi connectivity index (χ1) is 9.74. The third-order valence-electron chi connectivity index (χ3n) is 2.49. The van der Waals surface area contributed by atoms with Gasteiger partial charge in [0.2, 0.25) is 11.8 Å². The zero-order valence-electron chi connectivity index (χ0n) is 11.5. The van der Waals surface area contributed by atoms with Gasteiger partial charge in [0, 0.05) is 6.92 Å². The van der Waals surface area contributed by atoms with Crippen LogP contribution in [-0.2, 0) is 22.3 Å². The number of carbonyl (C=O) groups is 2. The largest absolute Gasteiger partial charge is 0.453 e. The van der Waals surface area contributed by atoms with E-state index in [4.69, 9.17) is 0 Å². The number of nitrogens with one attached hydrogen (secondary N) is 3. The van der Waals surface area contributed by atoms with Crippen molar-refractivity contribution < 1.29 is 22.8 Å². The monoisotopic (exact) mass is 307 g/mol. The van der Waals surface area contributed by atoms with E-state index in [2.05, 4.69) is 25.8 Å². The van der Waals surface area contributed by atoms with Gasteiger partial charge in [0.1, 0.15) is 11.9 Å². The van der Waals surface area contributed by atoms with Crippen molar-refractivity contribution in [2.24, 2.45) is 0 Å². The van der Waals surface area contributed by atoms with Gasteiger partial charge in [-0.1, -0.05) is 13.3 Å². The molecule has 0 bridgehead atoms. The maximum absolute atomic E-state index is 12.3. The number of nitrogens with zero attached hydrogens (tertiary/aromatic N) is 2. The maximum atomic E-state index is 12.3. The van der Waals surface area contributed by atoms with Crippen molar-refractivity contribution in [2.75, 3.05) is 0 Å². The molecular formula is C11H16F3N5O2. The Labute approximate surface area is 118 Å². The molecule has 1 unspecified atom stereocenters. The number of H-pyrrole nitrogens is 1. The summed E-state index contributed by atoms with van der Waals surface area (Å²) >= 11 is 0. The number of rotatable bonds is 6. The minimum Gasteiger partial charge on any atom is -0.347 e. The number of hydrogen-bond donors (Lipinski definition) is 3. The molecule has 1 aromatic heterocycles. The fourth-order valence-electron chi connectivity index (χ4n) is 1.60. The van der Waals surface area contributed by atoms with E-state index in [0.717, 1.165) is 0 Å². The Morgan fingerprint density at radius 3 is 2.52 bits per heavy atom. The molecule has 1 rings (SSSR count). The molecule has 21 heavy (non-hydrogen) atoms. The number of amides is 2. The van der Waals surface area contributed by atoms with Crippen LogP contribution in [-0.4, -0.2) is 33.0 Å². The van der Waals surface area contributed by atoms with Crippen molar-refractivity contribution in [1.82, 2.24) is 25.8 Å². The minimum absolute atomic E-state index is 0.117. The van der Waals surface area contributed by atoms with Crippen LogP contribution in [0.25, 0.3) is 0 Å². The highest BCUT2D eigenvalue weighted by atomic mass is 19.4. The molecule has 0 aromatic carbocycles. The van der Waals surface area contributed by atoms with Crippen molar-refractivity contribution >= 4 is 11.8 Å². The molecule has 0 saturated heterocycles. The van der Waals surface area contributed by atoms with E-state index in [0.29, 0.717) is 12.8 Å². The lowest BCUT2D eigenvalue weighted by Crippen LogP contribution is -2.45. The number of carbonyl (C=O) groups excluding carboxylic acids is 2. The van der Waals surface area contributed by atoms with Gasteiger partial charge in [-0.3, -0.25) is 14.7 Å². The molecule has 0 aliphatic carbocycles. The Bertz CT molecular complexity index is 500. The van der Waals surface area contributed by atoms with Gasteiger partial charge in [0.15, 0.2) is 0 Å². The van der Waals surface area contributed by atoms with Crippen molar-refractivity contribution in [3.05, 3.63) is 11.6 Å². The molecule has 118 valence electrons. The fourth-order valence-corrected chi connectivity index (χ4v) is 1.60. The summed E-state index contributed by atoms with van der Waals surface area (Å²) < 4.78 is 36.9. The third-order valence-corrected chi connectivity index (χ3v) is 2.49. The van der Waals surface area contributed by atoms with Gasteiger partial charge < -0.3 is 10.6 Å². The second kappa shape index (κ2) is 7.04. The van der Waals surface area contributed by atoms with Gasteiger partial charge in [-0.2, -0.15) is 13.2 Å². The van der Waals surface area contributed by atoms with Crippen LogP contribution in [0.2, 0.25) is 0 Å². The van der Waals surface area contributed by atoms with Crippen LogP contribution in [0, 0.1) is 0 Å². The zero-order valence-corrected chi connectivity index (χ0v) is 11.5. The summed E-state index contributed by atoms with van der Waals surface area (Å²) in [5.41, 5.74) is 0. The molecule has 7 nitrogen and oxygen atoms in total. The summed E-state index contributed by atoms with van der Waals surface area (Å²) in [6.45, 7) is 2.89. The van der Waals surface area contributed by atoms with E-state index in [-0.39, 0.29) is 18.3 Å². The number of aromatic nitrogens is 3. The Hall–Kier alpha value is -2.13. The van der Waals surface area contributed by atoms with Crippen LogP contribution in [0.4, 0.5) is 13.2 Å². The lowest BCUT2D eigenvalue weighted by molar-refractivity contribution is -0.144. The summed E-state index contributed by atoms with van der Waals surface area (Å²) in [6.07, 6.45) is -3.55. The Balaban J connectivity index is 2.58. The summed E-state index contributed by atoms with van der Waals surface area (Å²) in [4.78, 5) is 26.0. The predicted octanol–water partition coefficient (Wildman–Crippen LogP) is 0.745. The Morgan fingerprint density at radius 1 is 1.38 bits per heavy atom. The topological polar surface area (TPSA) is 99.8 Å². The number of alkyl halides is 3. The standard InChI is InChI=1S/C11H16F3N5O2/c1-3-4-7(16-6(2)20)9(21)15-5-8-17-10(19-18-8)11(12,13)14/h7H,3-5H2,1-2H3,(H,15,21)(H,16,20)(H,17,18,19). The number of aromatic amines is 1. The van der Waals surface area contributed by atoms with E-state index in [1.165, 1.54) is 6.92 Å². The molecule has 1 aromatic rings.